The van der Waals surface area contributed by atoms with Crippen molar-refractivity contribution < 1.29 is 35.7 Å². The van der Waals surface area contributed by atoms with E-state index in [0.29, 0.717) is 35.4 Å². The lowest BCUT2D eigenvalue weighted by Crippen LogP contribution is -3.00. The van der Waals surface area contributed by atoms with E-state index in [0.717, 1.165) is 48.1 Å². The zero-order chi connectivity index (χ0) is 28.2. The molecule has 1 aromatic heterocycles. The molecule has 7 rings (SSSR count). The molecule has 2 bridgehead atoms. The molecule has 1 amide bonds. The molecule has 0 saturated carbocycles. The molecule has 3 fully saturated rings. The van der Waals surface area contributed by atoms with Crippen LogP contribution in [0.25, 0.3) is 11.5 Å². The first-order valence-corrected chi connectivity index (χ1v) is 14.1. The molecule has 3 aromatic carbocycles. The van der Waals surface area contributed by atoms with Gasteiger partial charge in [-0.15, -0.1) is 0 Å². The molecule has 218 valence electrons. The van der Waals surface area contributed by atoms with Gasteiger partial charge in [-0.2, -0.15) is 4.98 Å². The zero-order valence-electron chi connectivity index (χ0n) is 23.4. The summed E-state index contributed by atoms with van der Waals surface area (Å²) >= 11 is 0. The molecule has 2 N–H and O–H groups in total. The summed E-state index contributed by atoms with van der Waals surface area (Å²) in [7, 11) is 1.59. The number of benzene rings is 3. The summed E-state index contributed by atoms with van der Waals surface area (Å²) in [6.45, 7) is 3.37. The van der Waals surface area contributed by atoms with Crippen LogP contribution in [0.1, 0.15) is 40.6 Å². The second-order valence-electron chi connectivity index (χ2n) is 11.0. The second-order valence-corrected chi connectivity index (χ2v) is 11.0. The fourth-order valence-electron chi connectivity index (χ4n) is 6.10. The SMILES string of the molecule is CNC(=O)c1cccc(NC(C(=O)O[C@H]2C[N+]3(Cc4noc(-c5ccccc5)n4)CCC2CC3)c2ccccc2)c1.[Cl-]. The average molecular weight is 588 g/mol. The predicted molar refractivity (Wildman–Crippen MR) is 154 cm³/mol. The number of hydrogen-bond acceptors (Lipinski definition) is 7. The Kier molecular flexibility index (Phi) is 8.89. The monoisotopic (exact) mass is 587 g/mol. The number of ether oxygens (including phenoxy) is 1. The van der Waals surface area contributed by atoms with E-state index in [1.807, 2.05) is 66.7 Å². The molecule has 1 unspecified atom stereocenters. The Hall–Kier alpha value is -4.21. The van der Waals surface area contributed by atoms with E-state index in [1.54, 1.807) is 25.2 Å². The molecule has 0 aliphatic carbocycles. The molecule has 42 heavy (non-hydrogen) atoms. The fraction of sp³-hybridized carbons (Fsp3) is 0.312. The average Bonchev–Trinajstić information content (AvgIpc) is 3.49. The lowest BCUT2D eigenvalue weighted by atomic mass is 9.83. The molecular formula is C32H34ClN5O4. The van der Waals surface area contributed by atoms with Crippen LogP contribution in [0, 0.1) is 5.92 Å². The van der Waals surface area contributed by atoms with Gasteiger partial charge in [-0.25, -0.2) is 4.79 Å². The Labute approximate surface area is 251 Å². The van der Waals surface area contributed by atoms with E-state index < -0.39 is 6.04 Å². The zero-order valence-corrected chi connectivity index (χ0v) is 24.2. The molecule has 10 heteroatoms. The number of nitrogens with zero attached hydrogens (tertiary/aromatic N) is 3. The maximum absolute atomic E-state index is 13.8. The van der Waals surface area contributed by atoms with Crippen molar-refractivity contribution in [3.63, 3.8) is 0 Å². The maximum atomic E-state index is 13.8. The van der Waals surface area contributed by atoms with Gasteiger partial charge < -0.3 is 36.8 Å². The maximum Gasteiger partial charge on any atom is 0.333 e. The van der Waals surface area contributed by atoms with Crippen molar-refractivity contribution in [2.24, 2.45) is 5.92 Å². The summed E-state index contributed by atoms with van der Waals surface area (Å²) in [4.78, 5) is 30.6. The largest absolute Gasteiger partial charge is 1.00 e. The van der Waals surface area contributed by atoms with Crippen molar-refractivity contribution in [2.75, 3.05) is 32.0 Å². The summed E-state index contributed by atoms with van der Waals surface area (Å²) < 4.78 is 12.6. The molecule has 9 nitrogen and oxygen atoms in total. The molecule has 0 spiro atoms. The summed E-state index contributed by atoms with van der Waals surface area (Å²) in [5.74, 6) is 1.01. The van der Waals surface area contributed by atoms with Crippen molar-refractivity contribution >= 4 is 17.6 Å². The topological polar surface area (TPSA) is 106 Å². The molecule has 2 atom stereocenters. The van der Waals surface area contributed by atoms with Crippen LogP contribution in [0.5, 0.6) is 0 Å². The molecule has 4 aromatic rings. The van der Waals surface area contributed by atoms with Gasteiger partial charge in [0.05, 0.1) is 13.1 Å². The second kappa shape index (κ2) is 12.8. The number of nitrogens with one attached hydrogen (secondary N) is 2. The summed E-state index contributed by atoms with van der Waals surface area (Å²) in [5, 5.41) is 10.2. The molecular weight excluding hydrogens is 554 g/mol. The number of fused-ring (bicyclic) bond motifs is 3. The quantitative estimate of drug-likeness (QED) is 0.226. The number of piperidine rings is 3. The highest BCUT2D eigenvalue weighted by molar-refractivity contribution is 5.95. The van der Waals surface area contributed by atoms with Crippen LogP contribution in [0.4, 0.5) is 5.69 Å². The number of aromatic nitrogens is 2. The van der Waals surface area contributed by atoms with Gasteiger partial charge in [0.2, 0.25) is 5.82 Å². The van der Waals surface area contributed by atoms with Crippen molar-refractivity contribution in [1.29, 1.82) is 0 Å². The molecule has 0 radical (unpaired) electrons. The first-order chi connectivity index (χ1) is 20.0. The standard InChI is InChI=1S/C32H33N5O4.ClH/c1-33-30(38)25-13-8-14-26(19-25)34-29(23-9-4-2-5-10-23)32(39)40-27-20-37(17-15-22(27)16-18-37)21-28-35-31(41-36-28)24-11-6-3-7-12-24;/h2-14,19,22,27,29,34H,15-18,20-21H2,1H3;1H/t22?,27-,29?,37?;/m0./s1. The third kappa shape index (κ3) is 6.32. The lowest BCUT2D eigenvalue weighted by molar-refractivity contribution is -0.958. The number of esters is 1. The van der Waals surface area contributed by atoms with Gasteiger partial charge in [-0.05, 0) is 35.9 Å². The number of carbonyl (C=O) groups excluding carboxylic acids is 2. The van der Waals surface area contributed by atoms with Crippen LogP contribution >= 0.6 is 0 Å². The Balaban J connectivity index is 0.00000353. The van der Waals surface area contributed by atoms with Gasteiger partial charge in [0.1, 0.15) is 13.1 Å². The Morgan fingerprint density at radius 1 is 1.00 bits per heavy atom. The van der Waals surface area contributed by atoms with Gasteiger partial charge in [-0.1, -0.05) is 59.8 Å². The molecule has 3 saturated heterocycles. The van der Waals surface area contributed by atoms with E-state index in [-0.39, 0.29) is 30.4 Å². The predicted octanol–water partition coefficient (Wildman–Crippen LogP) is 1.61. The fourth-order valence-corrected chi connectivity index (χ4v) is 6.10. The third-order valence-electron chi connectivity index (χ3n) is 8.31. The van der Waals surface area contributed by atoms with E-state index in [9.17, 15) is 9.59 Å². The van der Waals surface area contributed by atoms with Crippen LogP contribution in [-0.2, 0) is 16.1 Å². The number of halogens is 1. The van der Waals surface area contributed by atoms with E-state index >= 15 is 0 Å². The number of carbonyl (C=O) groups is 2. The highest BCUT2D eigenvalue weighted by atomic mass is 35.5. The van der Waals surface area contributed by atoms with Gasteiger partial charge >= 0.3 is 5.97 Å². The van der Waals surface area contributed by atoms with Crippen LogP contribution < -0.4 is 23.0 Å². The first-order valence-electron chi connectivity index (χ1n) is 14.1. The molecule has 3 aliphatic heterocycles. The minimum atomic E-state index is -0.717. The smallest absolute Gasteiger partial charge is 0.333 e. The van der Waals surface area contributed by atoms with E-state index in [1.165, 1.54) is 0 Å². The summed E-state index contributed by atoms with van der Waals surface area (Å²) in [6.07, 6.45) is 1.77. The van der Waals surface area contributed by atoms with Crippen LogP contribution in [0.15, 0.2) is 89.5 Å². The molecule has 3 aliphatic rings. The van der Waals surface area contributed by atoms with E-state index in [4.69, 9.17) is 9.26 Å². The van der Waals surface area contributed by atoms with Gasteiger partial charge in [0, 0.05) is 42.6 Å². The van der Waals surface area contributed by atoms with Crippen molar-refractivity contribution in [2.45, 2.75) is 31.5 Å². The van der Waals surface area contributed by atoms with Gasteiger partial charge in [0.15, 0.2) is 12.1 Å². The van der Waals surface area contributed by atoms with Crippen LogP contribution in [0.2, 0.25) is 0 Å². The normalized spacial score (nSPS) is 21.5. The summed E-state index contributed by atoms with van der Waals surface area (Å²) in [6, 6.07) is 25.7. The minimum absolute atomic E-state index is 0. The number of amides is 1. The van der Waals surface area contributed by atoms with Crippen molar-refractivity contribution in [3.05, 3.63) is 102 Å². The third-order valence-corrected chi connectivity index (χ3v) is 8.31. The Bertz CT molecular complexity index is 1510. The number of rotatable bonds is 9. The van der Waals surface area contributed by atoms with Gasteiger partial charge in [-0.3, -0.25) is 4.79 Å². The Morgan fingerprint density at radius 3 is 2.43 bits per heavy atom. The van der Waals surface area contributed by atoms with Crippen molar-refractivity contribution in [1.82, 2.24) is 15.5 Å². The highest BCUT2D eigenvalue weighted by Gasteiger charge is 2.48. The van der Waals surface area contributed by atoms with Crippen LogP contribution in [-0.4, -0.2) is 59.3 Å². The minimum Gasteiger partial charge on any atom is -1.00 e. The lowest BCUT2D eigenvalue weighted by Gasteiger charge is -2.51. The van der Waals surface area contributed by atoms with Gasteiger partial charge in [0.25, 0.3) is 11.8 Å². The van der Waals surface area contributed by atoms with Crippen LogP contribution in [0.3, 0.4) is 0 Å². The first kappa shape index (κ1) is 29.3. The number of quaternary nitrogens is 1. The number of anilines is 1. The highest BCUT2D eigenvalue weighted by Crippen LogP contribution is 2.38. The Morgan fingerprint density at radius 2 is 1.71 bits per heavy atom. The number of hydrogen-bond donors (Lipinski definition) is 2. The summed E-state index contributed by atoms with van der Waals surface area (Å²) in [5.41, 5.74) is 2.88. The molecule has 4 heterocycles. The van der Waals surface area contributed by atoms with E-state index in [2.05, 4.69) is 20.8 Å². The van der Waals surface area contributed by atoms with Crippen molar-refractivity contribution in [3.8, 4) is 11.5 Å².